The number of alkyl halides is 1. The van der Waals surface area contributed by atoms with Crippen molar-refractivity contribution in [1.82, 2.24) is 14.8 Å². The van der Waals surface area contributed by atoms with Crippen molar-refractivity contribution >= 4 is 22.2 Å². The first kappa shape index (κ1) is 23.1. The van der Waals surface area contributed by atoms with Gasteiger partial charge in [-0.3, -0.25) is 4.90 Å². The van der Waals surface area contributed by atoms with E-state index in [9.17, 15) is 4.39 Å². The molecule has 1 saturated heterocycles. The number of benzene rings is 1. The minimum Gasteiger partial charge on any atom is -0.357 e. The second-order valence-corrected chi connectivity index (χ2v) is 11.9. The first-order chi connectivity index (χ1) is 15.8. The van der Waals surface area contributed by atoms with E-state index >= 15 is 0 Å². The molecule has 5 heteroatoms. The standard InChI is InChI=1S/C28H38FN3S/c1-5-14-31-15-12-20(13-16-31)24-10-11-25(33-24)27-26-22(21-8-6-7-9-23(21)30-26)17-19(2)32(27)18-28(3,4)29/h6-11,19-20,27,30H,5,12-18H2,1-4H3/t19-,27-/m1/s1. The van der Waals surface area contributed by atoms with Crippen LogP contribution in [0.25, 0.3) is 10.9 Å². The Bertz CT molecular complexity index is 1090. The molecule has 0 amide bonds. The third kappa shape index (κ3) is 4.65. The molecule has 33 heavy (non-hydrogen) atoms. The van der Waals surface area contributed by atoms with Crippen LogP contribution in [0.3, 0.4) is 0 Å². The molecule has 0 spiro atoms. The molecule has 0 aliphatic carbocycles. The van der Waals surface area contributed by atoms with Crippen LogP contribution in [0.2, 0.25) is 0 Å². The Kier molecular flexibility index (Phi) is 6.41. The molecule has 1 aromatic carbocycles. The maximum Gasteiger partial charge on any atom is 0.118 e. The number of hydrogen-bond acceptors (Lipinski definition) is 3. The lowest BCUT2D eigenvalue weighted by molar-refractivity contribution is 0.0679. The summed E-state index contributed by atoms with van der Waals surface area (Å²) in [7, 11) is 0. The molecule has 2 aliphatic heterocycles. The zero-order valence-corrected chi connectivity index (χ0v) is 21.4. The lowest BCUT2D eigenvalue weighted by Gasteiger charge is -2.42. The summed E-state index contributed by atoms with van der Waals surface area (Å²) in [5.41, 5.74) is 2.65. The number of para-hydroxylation sites is 1. The molecule has 1 N–H and O–H groups in total. The number of fused-ring (bicyclic) bond motifs is 3. The first-order valence-corrected chi connectivity index (χ1v) is 13.5. The molecule has 2 aromatic heterocycles. The summed E-state index contributed by atoms with van der Waals surface area (Å²) in [6.07, 6.45) is 4.70. The molecule has 3 aromatic rings. The number of aromatic nitrogens is 1. The third-order valence-corrected chi connectivity index (χ3v) is 8.82. The summed E-state index contributed by atoms with van der Waals surface area (Å²) in [6.45, 7) is 12.0. The molecule has 1 fully saturated rings. The van der Waals surface area contributed by atoms with Crippen LogP contribution in [0.4, 0.5) is 4.39 Å². The van der Waals surface area contributed by atoms with E-state index in [2.05, 4.69) is 65.0 Å². The highest BCUT2D eigenvalue weighted by Crippen LogP contribution is 2.45. The lowest BCUT2D eigenvalue weighted by Crippen LogP contribution is -2.47. The van der Waals surface area contributed by atoms with Gasteiger partial charge in [-0.2, -0.15) is 0 Å². The number of hydrogen-bond donors (Lipinski definition) is 1. The number of piperidine rings is 1. The van der Waals surface area contributed by atoms with Gasteiger partial charge in [0.15, 0.2) is 0 Å². The fourth-order valence-electron chi connectivity index (χ4n) is 5.99. The van der Waals surface area contributed by atoms with Crippen LogP contribution in [0.5, 0.6) is 0 Å². The van der Waals surface area contributed by atoms with Crippen molar-refractivity contribution in [2.45, 2.75) is 77.0 Å². The predicted octanol–water partition coefficient (Wildman–Crippen LogP) is 6.90. The monoisotopic (exact) mass is 467 g/mol. The van der Waals surface area contributed by atoms with Crippen molar-refractivity contribution in [3.05, 3.63) is 57.4 Å². The Labute approximate surface area is 202 Å². The van der Waals surface area contributed by atoms with Crippen molar-refractivity contribution in [2.24, 2.45) is 0 Å². The van der Waals surface area contributed by atoms with Crippen molar-refractivity contribution in [1.29, 1.82) is 0 Å². The van der Waals surface area contributed by atoms with E-state index in [0.717, 1.165) is 6.42 Å². The molecule has 5 rings (SSSR count). The molecular formula is C28H38FN3S. The van der Waals surface area contributed by atoms with Crippen molar-refractivity contribution < 1.29 is 4.39 Å². The van der Waals surface area contributed by atoms with Crippen LogP contribution in [0.1, 0.15) is 79.9 Å². The molecule has 3 nitrogen and oxygen atoms in total. The number of H-pyrrole nitrogens is 1. The molecule has 2 atom stereocenters. The Balaban J connectivity index is 1.49. The summed E-state index contributed by atoms with van der Waals surface area (Å²) in [6, 6.07) is 13.7. The van der Waals surface area contributed by atoms with Crippen molar-refractivity contribution in [2.75, 3.05) is 26.2 Å². The van der Waals surface area contributed by atoms with Crippen molar-refractivity contribution in [3.8, 4) is 0 Å². The second kappa shape index (κ2) is 9.16. The van der Waals surface area contributed by atoms with E-state index in [1.807, 2.05) is 11.3 Å². The summed E-state index contributed by atoms with van der Waals surface area (Å²) in [5.74, 6) is 0.658. The number of thiophene rings is 1. The van der Waals surface area contributed by atoms with E-state index < -0.39 is 5.67 Å². The third-order valence-electron chi connectivity index (χ3n) is 7.52. The zero-order valence-electron chi connectivity index (χ0n) is 20.5. The van der Waals surface area contributed by atoms with Gasteiger partial charge in [-0.05, 0) is 95.8 Å². The Morgan fingerprint density at radius 1 is 1.09 bits per heavy atom. The van der Waals surface area contributed by atoms with E-state index in [1.165, 1.54) is 70.8 Å². The normalized spacial score (nSPS) is 23.3. The molecule has 0 radical (unpaired) electrons. The maximum atomic E-state index is 15.0. The van der Waals surface area contributed by atoms with Gasteiger partial charge in [0.05, 0.1) is 6.04 Å². The minimum atomic E-state index is -1.23. The molecule has 0 saturated carbocycles. The highest BCUT2D eigenvalue weighted by atomic mass is 32.1. The van der Waals surface area contributed by atoms with Gasteiger partial charge in [-0.1, -0.05) is 25.1 Å². The van der Waals surface area contributed by atoms with Gasteiger partial charge in [0.1, 0.15) is 5.67 Å². The molecule has 4 heterocycles. The fraction of sp³-hybridized carbons (Fsp3) is 0.571. The number of nitrogens with one attached hydrogen (secondary N) is 1. The van der Waals surface area contributed by atoms with E-state index in [-0.39, 0.29) is 6.04 Å². The van der Waals surface area contributed by atoms with Gasteiger partial charge in [0, 0.05) is 38.9 Å². The molecule has 2 aliphatic rings. The van der Waals surface area contributed by atoms with Crippen LogP contribution < -0.4 is 0 Å². The number of likely N-dealkylation sites (tertiary alicyclic amines) is 1. The highest BCUT2D eigenvalue weighted by Gasteiger charge is 2.39. The molecular weight excluding hydrogens is 429 g/mol. The highest BCUT2D eigenvalue weighted by molar-refractivity contribution is 7.12. The molecule has 0 bridgehead atoms. The summed E-state index contributed by atoms with van der Waals surface area (Å²) >= 11 is 1.96. The zero-order chi connectivity index (χ0) is 23.2. The minimum absolute atomic E-state index is 0.0881. The van der Waals surface area contributed by atoms with Gasteiger partial charge >= 0.3 is 0 Å². The summed E-state index contributed by atoms with van der Waals surface area (Å²) in [5, 5.41) is 1.32. The summed E-state index contributed by atoms with van der Waals surface area (Å²) in [4.78, 5) is 11.6. The van der Waals surface area contributed by atoms with Gasteiger partial charge in [0.25, 0.3) is 0 Å². The molecule has 178 valence electrons. The largest absolute Gasteiger partial charge is 0.357 e. The smallest absolute Gasteiger partial charge is 0.118 e. The van der Waals surface area contributed by atoms with Crippen LogP contribution in [-0.4, -0.2) is 52.7 Å². The van der Waals surface area contributed by atoms with E-state index in [4.69, 9.17) is 0 Å². The van der Waals surface area contributed by atoms with Crippen LogP contribution in [0, 0.1) is 0 Å². The Hall–Kier alpha value is -1.69. The average Bonchev–Trinajstić information content (AvgIpc) is 3.39. The topological polar surface area (TPSA) is 22.3 Å². The number of nitrogens with zero attached hydrogens (tertiary/aromatic N) is 2. The van der Waals surface area contributed by atoms with Gasteiger partial charge < -0.3 is 9.88 Å². The number of rotatable bonds is 6. The van der Waals surface area contributed by atoms with E-state index in [1.54, 1.807) is 13.8 Å². The lowest BCUT2D eigenvalue weighted by atomic mass is 9.90. The quantitative estimate of drug-likeness (QED) is 0.426. The van der Waals surface area contributed by atoms with Crippen LogP contribution in [-0.2, 0) is 6.42 Å². The molecule has 0 unspecified atom stereocenters. The van der Waals surface area contributed by atoms with Crippen molar-refractivity contribution in [3.63, 3.8) is 0 Å². The number of aromatic amines is 1. The first-order valence-electron chi connectivity index (χ1n) is 12.7. The Morgan fingerprint density at radius 2 is 1.82 bits per heavy atom. The number of halogens is 1. The SMILES string of the molecule is CCCN1CCC(c2ccc([C@@H]3c4[nH]c5ccccc5c4C[C@@H](C)N3CC(C)(C)F)s2)CC1. The maximum absolute atomic E-state index is 15.0. The van der Waals surface area contributed by atoms with Gasteiger partial charge in [0.2, 0.25) is 0 Å². The second-order valence-electron chi connectivity index (χ2n) is 10.8. The summed E-state index contributed by atoms with van der Waals surface area (Å²) < 4.78 is 15.0. The van der Waals surface area contributed by atoms with Crippen LogP contribution in [0.15, 0.2) is 36.4 Å². The van der Waals surface area contributed by atoms with Gasteiger partial charge in [-0.15, -0.1) is 11.3 Å². The Morgan fingerprint density at radius 3 is 2.55 bits per heavy atom. The average molecular weight is 468 g/mol. The van der Waals surface area contributed by atoms with E-state index in [0.29, 0.717) is 18.5 Å². The fourth-order valence-corrected chi connectivity index (χ4v) is 7.30. The van der Waals surface area contributed by atoms with Gasteiger partial charge in [-0.25, -0.2) is 4.39 Å². The predicted molar refractivity (Wildman–Crippen MR) is 138 cm³/mol. The van der Waals surface area contributed by atoms with Crippen LogP contribution >= 0.6 is 11.3 Å².